The standard InChI is InChI=1S/C33H52O7.C28H46O7/c1-27(2,35)13-12-26-32(9,40-29(5,6)39-26)25-11-15-33(36)20-16-22(34)21-17-23-24(38-28(3,4)37-23)18-30(21,7)19(20)10-14-31(25,33)8;1-24(2,33)10-9-23(32)27(5,34)22-8-12-28(35-6)17-13-19(29)18-14-20(30)21(31)15-25(18,3)16(17)7-11-26(22,28)4/h16,19,21,23-26,35-36H,10-15,17-18H2,1-9H3;13,16,18,20-23,30-34H,7-12,14-15H2,1-6H3/t19?,21?,23-,24+,25?,26-,30?,31?,32-,33-;16?,18?,20-,21+,22?,23-,25?,26?,27-,28-/m11/s1. The molecule has 8 aliphatic carbocycles. The number of ether oxygens (including phenoxy) is 5. The third-order valence-corrected chi connectivity index (χ3v) is 23.0. The number of aliphatic hydroxyl groups is 7. The van der Waals surface area contributed by atoms with Crippen LogP contribution in [0.3, 0.4) is 0 Å². The van der Waals surface area contributed by atoms with E-state index in [1.54, 1.807) is 34.0 Å². The molecule has 426 valence electrons. The molecule has 6 saturated carbocycles. The largest absolute Gasteiger partial charge is 0.390 e. The van der Waals surface area contributed by atoms with E-state index in [0.717, 1.165) is 49.7 Å². The molecule has 10 aliphatic rings. The summed E-state index contributed by atoms with van der Waals surface area (Å²) in [7, 11) is 1.68. The van der Waals surface area contributed by atoms with Gasteiger partial charge in [0.1, 0.15) is 0 Å². The summed E-state index contributed by atoms with van der Waals surface area (Å²) in [4.78, 5) is 27.3. The van der Waals surface area contributed by atoms with Gasteiger partial charge in [-0.05, 0) is 230 Å². The Morgan fingerprint density at radius 3 is 1.83 bits per heavy atom. The number of fused-ring (bicyclic) bond motifs is 11. The van der Waals surface area contributed by atoms with Crippen molar-refractivity contribution < 1.29 is 69.0 Å². The van der Waals surface area contributed by atoms with Crippen LogP contribution in [0.15, 0.2) is 23.3 Å². The minimum absolute atomic E-state index is 0.00852. The summed E-state index contributed by atoms with van der Waals surface area (Å²) in [5.74, 6) is -1.71. The van der Waals surface area contributed by atoms with Crippen LogP contribution in [0.4, 0.5) is 0 Å². The van der Waals surface area contributed by atoms with Crippen molar-refractivity contribution in [2.45, 2.75) is 281 Å². The average Bonchev–Trinajstić information content (AvgIpc) is 3.95. The van der Waals surface area contributed by atoms with Gasteiger partial charge in [0.15, 0.2) is 23.1 Å². The van der Waals surface area contributed by atoms with Gasteiger partial charge in [0.25, 0.3) is 0 Å². The Morgan fingerprint density at radius 1 is 0.653 bits per heavy atom. The lowest BCUT2D eigenvalue weighted by Crippen LogP contribution is -2.63. The van der Waals surface area contributed by atoms with Crippen molar-refractivity contribution in [1.29, 1.82) is 0 Å². The molecule has 2 aliphatic heterocycles. The van der Waals surface area contributed by atoms with Crippen molar-refractivity contribution >= 4 is 11.6 Å². The average molecular weight is 1060 g/mol. The van der Waals surface area contributed by atoms with Crippen molar-refractivity contribution in [3.63, 3.8) is 0 Å². The number of rotatable bonds is 10. The molecule has 8 fully saturated rings. The highest BCUT2D eigenvalue weighted by Crippen LogP contribution is 2.72. The first kappa shape index (κ1) is 58.0. The molecular formula is C61H98O14. The van der Waals surface area contributed by atoms with Crippen LogP contribution in [-0.4, -0.2) is 136 Å². The van der Waals surface area contributed by atoms with Crippen molar-refractivity contribution in [2.24, 2.45) is 57.2 Å². The zero-order chi connectivity index (χ0) is 55.5. The molecule has 2 heterocycles. The number of carbonyl (C=O) groups excluding carboxylic acids is 2. The third kappa shape index (κ3) is 9.10. The molecule has 20 atom stereocenters. The molecule has 0 aromatic carbocycles. The summed E-state index contributed by atoms with van der Waals surface area (Å²) in [6.45, 7) is 27.5. The molecule has 0 spiro atoms. The number of carbonyl (C=O) groups is 2. The molecule has 7 N–H and O–H groups in total. The van der Waals surface area contributed by atoms with Crippen LogP contribution >= 0.6 is 0 Å². The Bertz CT molecular complexity index is 2290. The van der Waals surface area contributed by atoms with E-state index in [9.17, 15) is 45.3 Å². The second-order valence-corrected chi connectivity index (χ2v) is 29.7. The third-order valence-electron chi connectivity index (χ3n) is 23.0. The van der Waals surface area contributed by atoms with Crippen LogP contribution in [0.5, 0.6) is 0 Å². The molecule has 10 unspecified atom stereocenters. The Morgan fingerprint density at radius 2 is 1.21 bits per heavy atom. The van der Waals surface area contributed by atoms with Crippen LogP contribution in [0.25, 0.3) is 0 Å². The second-order valence-electron chi connectivity index (χ2n) is 29.7. The molecular weight excluding hydrogens is 957 g/mol. The van der Waals surface area contributed by atoms with E-state index >= 15 is 0 Å². The van der Waals surface area contributed by atoms with Crippen LogP contribution in [0, 0.1) is 57.2 Å². The topological polar surface area (TPSA) is 222 Å². The van der Waals surface area contributed by atoms with Gasteiger partial charge in [-0.3, -0.25) is 9.59 Å². The zero-order valence-electron chi connectivity index (χ0n) is 48.4. The summed E-state index contributed by atoms with van der Waals surface area (Å²) in [5.41, 5.74) is -5.33. The maximum absolute atomic E-state index is 13.8. The summed E-state index contributed by atoms with van der Waals surface area (Å²) in [6.07, 6.45) is 10.7. The fourth-order valence-corrected chi connectivity index (χ4v) is 19.2. The van der Waals surface area contributed by atoms with Crippen LogP contribution < -0.4 is 0 Å². The Balaban J connectivity index is 0.000000186. The Hall–Kier alpha value is -1.66. The number of ketones is 2. The number of hydrogen-bond acceptors (Lipinski definition) is 14. The van der Waals surface area contributed by atoms with E-state index in [4.69, 9.17) is 23.7 Å². The van der Waals surface area contributed by atoms with Crippen molar-refractivity contribution in [2.75, 3.05) is 7.11 Å². The van der Waals surface area contributed by atoms with Gasteiger partial charge in [0, 0.05) is 29.8 Å². The van der Waals surface area contributed by atoms with E-state index in [2.05, 4.69) is 34.6 Å². The normalized spacial score (nSPS) is 48.8. The highest BCUT2D eigenvalue weighted by molar-refractivity contribution is 5.95. The van der Waals surface area contributed by atoms with E-state index < -0.39 is 79.7 Å². The van der Waals surface area contributed by atoms with E-state index in [0.29, 0.717) is 51.4 Å². The molecule has 2 saturated heterocycles. The van der Waals surface area contributed by atoms with Crippen LogP contribution in [0.1, 0.15) is 200 Å². The first-order valence-electron chi connectivity index (χ1n) is 29.0. The van der Waals surface area contributed by atoms with E-state index in [1.165, 1.54) is 0 Å². The van der Waals surface area contributed by atoms with Crippen molar-refractivity contribution in [3.05, 3.63) is 23.3 Å². The molecule has 0 bridgehead atoms. The van der Waals surface area contributed by atoms with E-state index in [1.807, 2.05) is 47.6 Å². The van der Waals surface area contributed by atoms with Gasteiger partial charge >= 0.3 is 0 Å². The van der Waals surface area contributed by atoms with Gasteiger partial charge in [0.2, 0.25) is 0 Å². The summed E-state index contributed by atoms with van der Waals surface area (Å²) in [5, 5.41) is 77.0. The van der Waals surface area contributed by atoms with Crippen molar-refractivity contribution in [3.8, 4) is 0 Å². The van der Waals surface area contributed by atoms with Gasteiger partial charge in [-0.25, -0.2) is 0 Å². The van der Waals surface area contributed by atoms with Crippen LogP contribution in [0.2, 0.25) is 0 Å². The molecule has 0 aromatic rings. The molecule has 0 aromatic heterocycles. The van der Waals surface area contributed by atoms with Crippen LogP contribution in [-0.2, 0) is 33.3 Å². The van der Waals surface area contributed by atoms with Gasteiger partial charge in [0.05, 0.1) is 70.2 Å². The Labute approximate surface area is 448 Å². The fraction of sp³-hybridized carbons (Fsp3) is 0.902. The second kappa shape index (κ2) is 18.4. The lowest BCUT2D eigenvalue weighted by atomic mass is 9.45. The summed E-state index contributed by atoms with van der Waals surface area (Å²) in [6, 6.07) is 0. The smallest absolute Gasteiger partial charge is 0.164 e. The Kier molecular flexibility index (Phi) is 14.3. The zero-order valence-corrected chi connectivity index (χ0v) is 48.4. The molecule has 14 nitrogen and oxygen atoms in total. The lowest BCUT2D eigenvalue weighted by molar-refractivity contribution is -0.190. The van der Waals surface area contributed by atoms with Gasteiger partial charge in [-0.15, -0.1) is 0 Å². The quantitative estimate of drug-likeness (QED) is 0.110. The number of aliphatic hydroxyl groups excluding tert-OH is 3. The molecule has 10 rings (SSSR count). The SMILES string of the molecule is CC(C)(O)CC[C@H]1OC(C)(C)O[C@]1(C)C1CC[C@@]2(O)C3=CC(=O)C4C[C@H]5OC(C)(C)O[C@H]5CC4(C)C3CCC12C.CO[C@@]12CCC([C@@](C)(O)[C@H](O)CCC(C)(C)O)C1(C)CCC1C2=CC(=O)C2C[C@@H](O)[C@@H](O)CC21C. The molecule has 14 heteroatoms. The number of hydrogen-bond donors (Lipinski definition) is 7. The van der Waals surface area contributed by atoms with E-state index in [-0.39, 0.29) is 83.6 Å². The fourth-order valence-electron chi connectivity index (χ4n) is 19.2. The predicted molar refractivity (Wildman–Crippen MR) is 282 cm³/mol. The monoisotopic (exact) mass is 1050 g/mol. The number of methoxy groups -OCH3 is 1. The predicted octanol–water partition coefficient (Wildman–Crippen LogP) is 7.96. The first-order chi connectivity index (χ1) is 34.3. The minimum Gasteiger partial charge on any atom is -0.390 e. The maximum atomic E-state index is 13.8. The van der Waals surface area contributed by atoms with Gasteiger partial charge in [-0.2, -0.15) is 0 Å². The minimum atomic E-state index is -1.38. The summed E-state index contributed by atoms with van der Waals surface area (Å²) < 4.78 is 32.1. The first-order valence-corrected chi connectivity index (χ1v) is 29.0. The summed E-state index contributed by atoms with van der Waals surface area (Å²) >= 11 is 0. The molecule has 75 heavy (non-hydrogen) atoms. The maximum Gasteiger partial charge on any atom is 0.164 e. The molecule has 0 amide bonds. The highest BCUT2D eigenvalue weighted by atomic mass is 16.8. The number of allylic oxidation sites excluding steroid dienone is 2. The lowest BCUT2D eigenvalue weighted by Gasteiger charge is -2.61. The van der Waals surface area contributed by atoms with Gasteiger partial charge in [-0.1, -0.05) is 27.7 Å². The van der Waals surface area contributed by atoms with Gasteiger partial charge < -0.3 is 59.4 Å². The molecule has 0 radical (unpaired) electrons. The van der Waals surface area contributed by atoms with Crippen molar-refractivity contribution in [1.82, 2.24) is 0 Å². The highest BCUT2D eigenvalue weighted by Gasteiger charge is 2.73.